The number of fused-ring (bicyclic) bond motifs is 1. The minimum atomic E-state index is -0.00694. The molecule has 0 saturated carbocycles. The van der Waals surface area contributed by atoms with Crippen molar-refractivity contribution in [3.63, 3.8) is 0 Å². The van der Waals surface area contributed by atoms with Crippen LogP contribution in [-0.2, 0) is 4.79 Å². The molecule has 1 heterocycles. The summed E-state index contributed by atoms with van der Waals surface area (Å²) >= 11 is 3.47. The van der Waals surface area contributed by atoms with Gasteiger partial charge in [0.05, 0.1) is 11.6 Å². The van der Waals surface area contributed by atoms with Crippen LogP contribution in [0.15, 0.2) is 22.7 Å². The number of halogens is 1. The molecule has 0 aromatic heterocycles. The minimum absolute atomic E-state index is 0.00694. The van der Waals surface area contributed by atoms with Gasteiger partial charge in [-0.05, 0) is 39.4 Å². The standard InChI is InChI=1S/C13H16BrNO/c1-13(2,3)7-9-8-5-4-6-10(14)11(8)15-12(9)16/h4-6,9H,7H2,1-3H3,(H,15,16). The first-order valence-corrected chi connectivity index (χ1v) is 6.27. The van der Waals surface area contributed by atoms with Crippen LogP contribution in [0.4, 0.5) is 5.69 Å². The van der Waals surface area contributed by atoms with Crippen molar-refractivity contribution in [3.8, 4) is 0 Å². The molecule has 1 atom stereocenters. The molecule has 2 rings (SSSR count). The zero-order valence-corrected chi connectivity index (χ0v) is 11.4. The zero-order valence-electron chi connectivity index (χ0n) is 9.80. The number of anilines is 1. The van der Waals surface area contributed by atoms with Crippen molar-refractivity contribution in [3.05, 3.63) is 28.2 Å². The van der Waals surface area contributed by atoms with E-state index >= 15 is 0 Å². The van der Waals surface area contributed by atoms with Gasteiger partial charge >= 0.3 is 0 Å². The quantitative estimate of drug-likeness (QED) is 0.831. The van der Waals surface area contributed by atoms with Crippen LogP contribution >= 0.6 is 15.9 Å². The molecule has 0 fully saturated rings. The first kappa shape index (κ1) is 11.6. The van der Waals surface area contributed by atoms with E-state index in [9.17, 15) is 4.79 Å². The number of benzene rings is 1. The topological polar surface area (TPSA) is 29.1 Å². The van der Waals surface area contributed by atoms with E-state index in [4.69, 9.17) is 0 Å². The highest BCUT2D eigenvalue weighted by Gasteiger charge is 2.34. The van der Waals surface area contributed by atoms with Gasteiger partial charge in [0.1, 0.15) is 0 Å². The van der Waals surface area contributed by atoms with Crippen LogP contribution in [-0.4, -0.2) is 5.91 Å². The second-order valence-corrected chi connectivity index (χ2v) is 6.37. The van der Waals surface area contributed by atoms with E-state index in [0.717, 1.165) is 22.1 Å². The number of carbonyl (C=O) groups excluding carboxylic acids is 1. The molecule has 16 heavy (non-hydrogen) atoms. The Bertz CT molecular complexity index is 434. The fourth-order valence-electron chi connectivity index (χ4n) is 2.13. The Morgan fingerprint density at radius 3 is 2.69 bits per heavy atom. The van der Waals surface area contributed by atoms with Crippen LogP contribution in [0.2, 0.25) is 0 Å². The lowest BCUT2D eigenvalue weighted by Crippen LogP contribution is -2.18. The van der Waals surface area contributed by atoms with E-state index in [0.29, 0.717) is 0 Å². The average molecular weight is 282 g/mol. The predicted octanol–water partition coefficient (Wildman–Crippen LogP) is 3.92. The highest BCUT2D eigenvalue weighted by atomic mass is 79.9. The summed E-state index contributed by atoms with van der Waals surface area (Å²) in [6.45, 7) is 6.49. The molecule has 0 bridgehead atoms. The van der Waals surface area contributed by atoms with Crippen LogP contribution < -0.4 is 5.32 Å². The molecule has 0 saturated heterocycles. The fraction of sp³-hybridized carbons (Fsp3) is 0.462. The van der Waals surface area contributed by atoms with Crippen molar-refractivity contribution in [2.45, 2.75) is 33.1 Å². The van der Waals surface area contributed by atoms with E-state index in [-0.39, 0.29) is 17.2 Å². The lowest BCUT2D eigenvalue weighted by atomic mass is 9.82. The maximum absolute atomic E-state index is 11.9. The van der Waals surface area contributed by atoms with Crippen LogP contribution in [0, 0.1) is 5.41 Å². The van der Waals surface area contributed by atoms with E-state index in [1.165, 1.54) is 0 Å². The molecule has 1 amide bonds. The number of hydrogen-bond acceptors (Lipinski definition) is 1. The molecule has 0 aliphatic carbocycles. The number of nitrogens with one attached hydrogen (secondary N) is 1. The molecule has 0 spiro atoms. The highest BCUT2D eigenvalue weighted by Crippen LogP contribution is 2.42. The molecule has 1 N–H and O–H groups in total. The summed E-state index contributed by atoms with van der Waals surface area (Å²) in [7, 11) is 0. The monoisotopic (exact) mass is 281 g/mol. The third-order valence-corrected chi connectivity index (χ3v) is 3.46. The van der Waals surface area contributed by atoms with Gasteiger partial charge in [0.2, 0.25) is 5.91 Å². The average Bonchev–Trinajstić information content (AvgIpc) is 2.44. The number of rotatable bonds is 1. The van der Waals surface area contributed by atoms with E-state index < -0.39 is 0 Å². The van der Waals surface area contributed by atoms with Crippen LogP contribution in [0.5, 0.6) is 0 Å². The molecule has 1 aliphatic rings. The molecule has 1 unspecified atom stereocenters. The molecule has 1 aromatic carbocycles. The third kappa shape index (κ3) is 2.14. The summed E-state index contributed by atoms with van der Waals surface area (Å²) in [6.07, 6.45) is 0.877. The number of amides is 1. The second-order valence-electron chi connectivity index (χ2n) is 5.51. The minimum Gasteiger partial charge on any atom is -0.324 e. The maximum atomic E-state index is 11.9. The fourth-order valence-corrected chi connectivity index (χ4v) is 2.61. The van der Waals surface area contributed by atoms with Gasteiger partial charge in [-0.15, -0.1) is 0 Å². The van der Waals surface area contributed by atoms with Crippen molar-refractivity contribution in [2.75, 3.05) is 5.32 Å². The molecule has 0 radical (unpaired) electrons. The number of hydrogen-bond donors (Lipinski definition) is 1. The van der Waals surface area contributed by atoms with Gasteiger partial charge in [0.25, 0.3) is 0 Å². The van der Waals surface area contributed by atoms with Gasteiger partial charge < -0.3 is 5.32 Å². The first-order chi connectivity index (χ1) is 7.38. The summed E-state index contributed by atoms with van der Waals surface area (Å²) in [5.41, 5.74) is 2.22. The van der Waals surface area contributed by atoms with Gasteiger partial charge in [-0.25, -0.2) is 0 Å². The van der Waals surface area contributed by atoms with Crippen molar-refractivity contribution in [2.24, 2.45) is 5.41 Å². The summed E-state index contributed by atoms with van der Waals surface area (Å²) in [5.74, 6) is 0.115. The van der Waals surface area contributed by atoms with Crippen molar-refractivity contribution < 1.29 is 4.79 Å². The van der Waals surface area contributed by atoms with Crippen molar-refractivity contribution in [1.82, 2.24) is 0 Å². The molecule has 86 valence electrons. The molecule has 1 aliphatic heterocycles. The second kappa shape index (κ2) is 3.88. The Balaban J connectivity index is 2.37. The Kier molecular flexibility index (Phi) is 2.82. The summed E-state index contributed by atoms with van der Waals surface area (Å²) < 4.78 is 0.967. The smallest absolute Gasteiger partial charge is 0.232 e. The molecule has 2 nitrogen and oxygen atoms in total. The lowest BCUT2D eigenvalue weighted by Gasteiger charge is -2.21. The highest BCUT2D eigenvalue weighted by molar-refractivity contribution is 9.10. The normalized spacial score (nSPS) is 19.5. The maximum Gasteiger partial charge on any atom is 0.232 e. The summed E-state index contributed by atoms with van der Waals surface area (Å²) in [4.78, 5) is 11.9. The first-order valence-electron chi connectivity index (χ1n) is 5.48. The number of carbonyl (C=O) groups is 1. The van der Waals surface area contributed by atoms with Gasteiger partial charge in [0.15, 0.2) is 0 Å². The van der Waals surface area contributed by atoms with Gasteiger partial charge in [-0.1, -0.05) is 32.9 Å². The number of para-hydroxylation sites is 1. The molecule has 3 heteroatoms. The Labute approximate surface area is 105 Å². The zero-order chi connectivity index (χ0) is 11.9. The third-order valence-electron chi connectivity index (χ3n) is 2.80. The van der Waals surface area contributed by atoms with Gasteiger partial charge in [-0.3, -0.25) is 4.79 Å². The molecule has 1 aromatic rings. The largest absolute Gasteiger partial charge is 0.324 e. The van der Waals surface area contributed by atoms with Crippen LogP contribution in [0.3, 0.4) is 0 Å². The SMILES string of the molecule is CC(C)(C)CC1C(=O)Nc2c(Br)cccc21. The van der Waals surface area contributed by atoms with Crippen LogP contribution in [0.25, 0.3) is 0 Å². The van der Waals surface area contributed by atoms with E-state index in [1.807, 2.05) is 18.2 Å². The van der Waals surface area contributed by atoms with E-state index in [2.05, 4.69) is 42.0 Å². The molecular weight excluding hydrogens is 266 g/mol. The lowest BCUT2D eigenvalue weighted by molar-refractivity contribution is -0.117. The molecular formula is C13H16BrNO. The van der Waals surface area contributed by atoms with Crippen LogP contribution in [0.1, 0.15) is 38.7 Å². The van der Waals surface area contributed by atoms with Crippen molar-refractivity contribution >= 4 is 27.5 Å². The van der Waals surface area contributed by atoms with Gasteiger partial charge in [0, 0.05) is 4.47 Å². The van der Waals surface area contributed by atoms with Crippen molar-refractivity contribution in [1.29, 1.82) is 0 Å². The van der Waals surface area contributed by atoms with Gasteiger partial charge in [-0.2, -0.15) is 0 Å². The Morgan fingerprint density at radius 1 is 1.38 bits per heavy atom. The summed E-state index contributed by atoms with van der Waals surface area (Å²) in [6, 6.07) is 5.98. The Morgan fingerprint density at radius 2 is 2.06 bits per heavy atom. The van der Waals surface area contributed by atoms with E-state index in [1.54, 1.807) is 0 Å². The Hall–Kier alpha value is -0.830. The predicted molar refractivity (Wildman–Crippen MR) is 69.6 cm³/mol. The summed E-state index contributed by atoms with van der Waals surface area (Å²) in [5, 5.41) is 2.95.